The Morgan fingerprint density at radius 1 is 1.53 bits per heavy atom. The van der Waals surface area contributed by atoms with Gasteiger partial charge < -0.3 is 10.3 Å². The van der Waals surface area contributed by atoms with Gasteiger partial charge in [-0.3, -0.25) is 10.1 Å². The fourth-order valence-corrected chi connectivity index (χ4v) is 2.12. The number of nitrogens with two attached hydrogens (primary N) is 1. The molecular weight excluding hydrogens is 240 g/mol. The predicted molar refractivity (Wildman–Crippen MR) is 64.8 cm³/mol. The van der Waals surface area contributed by atoms with E-state index >= 15 is 0 Å². The number of nitrogens with zero attached hydrogens (tertiary/aromatic N) is 3. The van der Waals surface area contributed by atoms with Crippen LogP contribution in [0.5, 0.6) is 0 Å². The van der Waals surface area contributed by atoms with E-state index in [2.05, 4.69) is 4.98 Å². The average molecular weight is 250 g/mol. The van der Waals surface area contributed by atoms with Crippen molar-refractivity contribution in [1.82, 2.24) is 9.55 Å². The maximum Gasteiger partial charge on any atom is 0.271 e. The molecule has 0 radical (unpaired) electrons. The number of benzene rings is 1. The van der Waals surface area contributed by atoms with E-state index in [0.29, 0.717) is 5.69 Å². The number of non-ortho nitro benzene ring substituents is 1. The summed E-state index contributed by atoms with van der Waals surface area (Å²) >= 11 is 1.37. The van der Waals surface area contributed by atoms with Crippen molar-refractivity contribution in [2.75, 3.05) is 5.73 Å². The summed E-state index contributed by atoms with van der Waals surface area (Å²) in [6.45, 7) is 0. The Morgan fingerprint density at radius 2 is 2.29 bits per heavy atom. The van der Waals surface area contributed by atoms with Crippen molar-refractivity contribution in [3.8, 4) is 0 Å². The summed E-state index contributed by atoms with van der Waals surface area (Å²) in [4.78, 5) is 15.0. The molecule has 2 aromatic rings. The van der Waals surface area contributed by atoms with Crippen LogP contribution in [0.25, 0.3) is 0 Å². The Balaban J connectivity index is 2.29. The molecule has 0 aliphatic heterocycles. The number of hydrogen-bond donors (Lipinski definition) is 1. The molecule has 17 heavy (non-hydrogen) atoms. The molecule has 2 rings (SSSR count). The predicted octanol–water partition coefficient (Wildman–Crippen LogP) is 2.06. The third-order valence-electron chi connectivity index (χ3n) is 2.18. The Labute approximate surface area is 102 Å². The first-order valence-corrected chi connectivity index (χ1v) is 5.58. The van der Waals surface area contributed by atoms with Crippen LogP contribution >= 0.6 is 11.8 Å². The molecule has 0 spiro atoms. The minimum Gasteiger partial charge on any atom is -0.398 e. The zero-order chi connectivity index (χ0) is 12.4. The van der Waals surface area contributed by atoms with Gasteiger partial charge in [0.25, 0.3) is 5.69 Å². The van der Waals surface area contributed by atoms with Gasteiger partial charge >= 0.3 is 0 Å². The number of imidazole rings is 1. The van der Waals surface area contributed by atoms with Crippen LogP contribution in [-0.2, 0) is 7.05 Å². The number of aryl methyl sites for hydroxylation is 1. The highest BCUT2D eigenvalue weighted by atomic mass is 32.2. The van der Waals surface area contributed by atoms with Crippen LogP contribution in [0, 0.1) is 10.1 Å². The van der Waals surface area contributed by atoms with Crippen molar-refractivity contribution in [3.63, 3.8) is 0 Å². The minimum atomic E-state index is -0.467. The van der Waals surface area contributed by atoms with Gasteiger partial charge in [-0.15, -0.1) is 0 Å². The highest BCUT2D eigenvalue weighted by Crippen LogP contribution is 2.32. The standard InChI is InChI=1S/C10H10N4O2S/c1-13-5-4-12-10(13)17-9-3-2-7(14(15)16)6-8(9)11/h2-6H,11H2,1H3. The second kappa shape index (κ2) is 4.46. The van der Waals surface area contributed by atoms with Crippen LogP contribution in [0.15, 0.2) is 40.6 Å². The maximum absolute atomic E-state index is 10.6. The molecule has 0 aliphatic carbocycles. The number of hydrogen-bond acceptors (Lipinski definition) is 5. The molecule has 0 amide bonds. The summed E-state index contributed by atoms with van der Waals surface area (Å²) in [7, 11) is 1.87. The first kappa shape index (κ1) is 11.5. The number of nitrogen functional groups attached to an aromatic ring is 1. The van der Waals surface area contributed by atoms with E-state index < -0.39 is 4.92 Å². The summed E-state index contributed by atoms with van der Waals surface area (Å²) in [5, 5.41) is 11.3. The molecule has 0 fully saturated rings. The van der Waals surface area contributed by atoms with Gasteiger partial charge in [-0.05, 0) is 17.8 Å². The first-order valence-electron chi connectivity index (χ1n) is 4.77. The maximum atomic E-state index is 10.6. The summed E-state index contributed by atoms with van der Waals surface area (Å²) in [5.74, 6) is 0. The van der Waals surface area contributed by atoms with Gasteiger partial charge in [0.05, 0.1) is 10.6 Å². The van der Waals surface area contributed by atoms with Crippen molar-refractivity contribution in [2.24, 2.45) is 7.05 Å². The van der Waals surface area contributed by atoms with Crippen LogP contribution in [-0.4, -0.2) is 14.5 Å². The lowest BCUT2D eigenvalue weighted by Crippen LogP contribution is -1.94. The van der Waals surface area contributed by atoms with Crippen molar-refractivity contribution in [2.45, 2.75) is 10.1 Å². The molecule has 0 atom stereocenters. The van der Waals surface area contributed by atoms with Gasteiger partial charge in [-0.2, -0.15) is 0 Å². The van der Waals surface area contributed by atoms with Crippen LogP contribution in [0.3, 0.4) is 0 Å². The van der Waals surface area contributed by atoms with Gasteiger partial charge in [0.2, 0.25) is 0 Å². The zero-order valence-electron chi connectivity index (χ0n) is 9.03. The van der Waals surface area contributed by atoms with Crippen molar-refractivity contribution >= 4 is 23.1 Å². The zero-order valence-corrected chi connectivity index (χ0v) is 9.85. The molecule has 1 aromatic heterocycles. The van der Waals surface area contributed by atoms with Crippen LogP contribution < -0.4 is 5.73 Å². The van der Waals surface area contributed by atoms with Crippen molar-refractivity contribution in [1.29, 1.82) is 0 Å². The molecule has 88 valence electrons. The summed E-state index contributed by atoms with van der Waals surface area (Å²) in [6, 6.07) is 4.42. The number of rotatable bonds is 3. The van der Waals surface area contributed by atoms with Gasteiger partial charge in [0.1, 0.15) is 0 Å². The fraction of sp³-hybridized carbons (Fsp3) is 0.100. The lowest BCUT2D eigenvalue weighted by atomic mass is 10.3. The Kier molecular flexibility index (Phi) is 3.01. The molecule has 0 bridgehead atoms. The van der Waals surface area contributed by atoms with Gasteiger partial charge in [0, 0.05) is 36.5 Å². The molecule has 7 heteroatoms. The fourth-order valence-electron chi connectivity index (χ4n) is 1.29. The minimum absolute atomic E-state index is 0.00769. The number of aromatic nitrogens is 2. The van der Waals surface area contributed by atoms with Crippen LogP contribution in [0.1, 0.15) is 0 Å². The Hall–Kier alpha value is -2.02. The first-order chi connectivity index (χ1) is 8.08. The molecule has 0 saturated carbocycles. The molecule has 1 aromatic carbocycles. The molecular formula is C10H10N4O2S. The van der Waals surface area contributed by atoms with Crippen LogP contribution in [0.2, 0.25) is 0 Å². The molecule has 1 heterocycles. The quantitative estimate of drug-likeness (QED) is 0.512. The largest absolute Gasteiger partial charge is 0.398 e. The number of anilines is 1. The van der Waals surface area contributed by atoms with E-state index in [4.69, 9.17) is 5.73 Å². The van der Waals surface area contributed by atoms with E-state index in [1.165, 1.54) is 23.9 Å². The summed E-state index contributed by atoms with van der Waals surface area (Å²) in [5.41, 5.74) is 6.14. The molecule has 0 unspecified atom stereocenters. The van der Waals surface area contributed by atoms with E-state index in [-0.39, 0.29) is 5.69 Å². The SMILES string of the molecule is Cn1ccnc1Sc1ccc([N+](=O)[O-])cc1N. The average Bonchev–Trinajstić information content (AvgIpc) is 2.67. The molecule has 0 aliphatic rings. The smallest absolute Gasteiger partial charge is 0.271 e. The van der Waals surface area contributed by atoms with Gasteiger partial charge in [0.15, 0.2) is 5.16 Å². The third kappa shape index (κ3) is 2.39. The second-order valence-corrected chi connectivity index (χ2v) is 4.41. The van der Waals surface area contributed by atoms with Gasteiger partial charge in [-0.1, -0.05) is 0 Å². The topological polar surface area (TPSA) is 87.0 Å². The highest BCUT2D eigenvalue weighted by Gasteiger charge is 2.11. The monoisotopic (exact) mass is 250 g/mol. The third-order valence-corrected chi connectivity index (χ3v) is 3.35. The van der Waals surface area contributed by atoms with E-state index in [9.17, 15) is 10.1 Å². The second-order valence-electron chi connectivity index (χ2n) is 3.40. The molecule has 2 N–H and O–H groups in total. The van der Waals surface area contributed by atoms with Crippen molar-refractivity contribution in [3.05, 3.63) is 40.7 Å². The summed E-state index contributed by atoms with van der Waals surface area (Å²) < 4.78 is 1.85. The molecule has 0 saturated heterocycles. The Morgan fingerprint density at radius 3 is 2.82 bits per heavy atom. The number of nitro benzene ring substituents is 1. The van der Waals surface area contributed by atoms with Gasteiger partial charge in [-0.25, -0.2) is 4.98 Å². The Bertz CT molecular complexity index is 567. The summed E-state index contributed by atoms with van der Waals surface area (Å²) in [6.07, 6.45) is 3.51. The highest BCUT2D eigenvalue weighted by molar-refractivity contribution is 7.99. The van der Waals surface area contributed by atoms with E-state index in [0.717, 1.165) is 10.1 Å². The lowest BCUT2D eigenvalue weighted by molar-refractivity contribution is -0.384. The lowest BCUT2D eigenvalue weighted by Gasteiger charge is -2.04. The molecule has 6 nitrogen and oxygen atoms in total. The normalized spacial score (nSPS) is 10.4. The van der Waals surface area contributed by atoms with E-state index in [1.54, 1.807) is 12.3 Å². The van der Waals surface area contributed by atoms with E-state index in [1.807, 2.05) is 17.8 Å². The van der Waals surface area contributed by atoms with Crippen molar-refractivity contribution < 1.29 is 4.92 Å². The van der Waals surface area contributed by atoms with Crippen LogP contribution in [0.4, 0.5) is 11.4 Å². The number of nitro groups is 1.